The monoisotopic (exact) mass is 377 g/mol. The van der Waals surface area contributed by atoms with Crippen LogP contribution in [0.1, 0.15) is 20.7 Å². The normalized spacial score (nSPS) is 11.0. The van der Waals surface area contributed by atoms with Crippen molar-refractivity contribution in [1.82, 2.24) is 4.72 Å². The Hall–Kier alpha value is -2.84. The van der Waals surface area contributed by atoms with Crippen LogP contribution in [0.2, 0.25) is 0 Å². The van der Waals surface area contributed by atoms with E-state index in [1.807, 2.05) is 0 Å². The van der Waals surface area contributed by atoms with Gasteiger partial charge in [-0.3, -0.25) is 4.79 Å². The van der Waals surface area contributed by atoms with E-state index in [2.05, 4.69) is 11.3 Å². The van der Waals surface area contributed by atoms with Gasteiger partial charge >= 0.3 is 5.97 Å². The second kappa shape index (κ2) is 8.50. The fourth-order valence-electron chi connectivity index (χ4n) is 1.98. The first-order valence-electron chi connectivity index (χ1n) is 7.50. The number of sulfonamides is 1. The van der Waals surface area contributed by atoms with Gasteiger partial charge in [-0.2, -0.15) is 0 Å². The maximum Gasteiger partial charge on any atom is 0.338 e. The molecule has 0 unspecified atom stereocenters. The van der Waals surface area contributed by atoms with Crippen molar-refractivity contribution in [3.05, 3.63) is 78.1 Å². The Labute approximate surface area is 150 Å². The molecule has 0 amide bonds. The SMILES string of the molecule is C=CCNS(=O)(=O)c1cccc(C(=O)OCC(=O)c2ccc(F)cc2)c1. The van der Waals surface area contributed by atoms with Crippen molar-refractivity contribution in [3.8, 4) is 0 Å². The molecular formula is C18H16FNO5S. The summed E-state index contributed by atoms with van der Waals surface area (Å²) in [6.45, 7) is 2.92. The zero-order valence-corrected chi connectivity index (χ0v) is 14.5. The summed E-state index contributed by atoms with van der Waals surface area (Å²) in [4.78, 5) is 23.9. The van der Waals surface area contributed by atoms with Gasteiger partial charge in [0.2, 0.25) is 10.0 Å². The van der Waals surface area contributed by atoms with Crippen molar-refractivity contribution in [2.24, 2.45) is 0 Å². The summed E-state index contributed by atoms with van der Waals surface area (Å²) < 4.78 is 44.1. The molecule has 0 atom stereocenters. The minimum absolute atomic E-state index is 0.0154. The molecule has 2 aromatic rings. The van der Waals surface area contributed by atoms with Gasteiger partial charge in [0, 0.05) is 12.1 Å². The highest BCUT2D eigenvalue weighted by Crippen LogP contribution is 2.13. The number of nitrogens with one attached hydrogen (secondary N) is 1. The molecule has 26 heavy (non-hydrogen) atoms. The van der Waals surface area contributed by atoms with Gasteiger partial charge in [-0.05, 0) is 42.5 Å². The quantitative estimate of drug-likeness (QED) is 0.433. The van der Waals surface area contributed by atoms with Gasteiger partial charge in [0.05, 0.1) is 10.5 Å². The molecule has 0 spiro atoms. The number of hydrogen-bond donors (Lipinski definition) is 1. The molecule has 0 heterocycles. The highest BCUT2D eigenvalue weighted by atomic mass is 32.2. The molecule has 0 aliphatic rings. The number of rotatable bonds is 8. The van der Waals surface area contributed by atoms with Gasteiger partial charge < -0.3 is 4.74 Å². The van der Waals surface area contributed by atoms with E-state index >= 15 is 0 Å². The van der Waals surface area contributed by atoms with E-state index in [4.69, 9.17) is 4.74 Å². The van der Waals surface area contributed by atoms with Crippen LogP contribution in [0.5, 0.6) is 0 Å². The molecule has 2 aromatic carbocycles. The molecule has 2 rings (SSSR count). The number of hydrogen-bond acceptors (Lipinski definition) is 5. The average Bonchev–Trinajstić information content (AvgIpc) is 2.65. The van der Waals surface area contributed by atoms with Crippen LogP contribution in [0, 0.1) is 5.82 Å². The number of Topliss-reactive ketones (excluding diaryl/α,β-unsaturated/α-hetero) is 1. The van der Waals surface area contributed by atoms with Crippen molar-refractivity contribution >= 4 is 21.8 Å². The lowest BCUT2D eigenvalue weighted by Gasteiger charge is -2.07. The fraction of sp³-hybridized carbons (Fsp3) is 0.111. The molecule has 0 saturated heterocycles. The molecule has 136 valence electrons. The number of halogens is 1. The van der Waals surface area contributed by atoms with Gasteiger partial charge in [0.1, 0.15) is 5.82 Å². The van der Waals surface area contributed by atoms with Crippen LogP contribution in [0.25, 0.3) is 0 Å². The lowest BCUT2D eigenvalue weighted by atomic mass is 10.1. The number of carbonyl (C=O) groups excluding carboxylic acids is 2. The minimum Gasteiger partial charge on any atom is -0.454 e. The largest absolute Gasteiger partial charge is 0.454 e. The van der Waals surface area contributed by atoms with Crippen LogP contribution in [0.4, 0.5) is 4.39 Å². The van der Waals surface area contributed by atoms with Crippen LogP contribution in [-0.4, -0.2) is 33.3 Å². The van der Waals surface area contributed by atoms with Crippen molar-refractivity contribution in [2.45, 2.75) is 4.90 Å². The second-order valence-electron chi connectivity index (χ2n) is 5.17. The first-order chi connectivity index (χ1) is 12.3. The molecule has 8 heteroatoms. The van der Waals surface area contributed by atoms with Gasteiger partial charge in [-0.15, -0.1) is 6.58 Å². The van der Waals surface area contributed by atoms with Gasteiger partial charge in [-0.1, -0.05) is 12.1 Å². The van der Waals surface area contributed by atoms with Gasteiger partial charge in [0.25, 0.3) is 0 Å². The predicted octanol–water partition coefficient (Wildman–Crippen LogP) is 2.33. The van der Waals surface area contributed by atoms with Crippen LogP contribution >= 0.6 is 0 Å². The summed E-state index contributed by atoms with van der Waals surface area (Å²) in [6, 6.07) is 10.0. The summed E-state index contributed by atoms with van der Waals surface area (Å²) in [5.41, 5.74) is 0.183. The zero-order valence-electron chi connectivity index (χ0n) is 13.6. The third-order valence-corrected chi connectivity index (χ3v) is 4.72. The molecule has 0 aliphatic carbocycles. The molecule has 6 nitrogen and oxygen atoms in total. The maximum absolute atomic E-state index is 12.8. The van der Waals surface area contributed by atoms with E-state index in [0.29, 0.717) is 0 Å². The average molecular weight is 377 g/mol. The Morgan fingerprint density at radius 2 is 1.81 bits per heavy atom. The van der Waals surface area contributed by atoms with Crippen molar-refractivity contribution in [1.29, 1.82) is 0 Å². The minimum atomic E-state index is -3.79. The number of ether oxygens (including phenoxy) is 1. The Morgan fingerprint density at radius 1 is 1.12 bits per heavy atom. The Bertz CT molecular complexity index is 923. The summed E-state index contributed by atoms with van der Waals surface area (Å²) in [5.74, 6) is -1.84. The Balaban J connectivity index is 2.05. The lowest BCUT2D eigenvalue weighted by Crippen LogP contribution is -2.24. The fourth-order valence-corrected chi connectivity index (χ4v) is 3.02. The molecule has 0 aromatic heterocycles. The zero-order chi connectivity index (χ0) is 19.2. The van der Waals surface area contributed by atoms with Crippen molar-refractivity contribution < 1.29 is 27.1 Å². The third kappa shape index (κ3) is 5.08. The molecule has 1 N–H and O–H groups in total. The van der Waals surface area contributed by atoms with Gasteiger partial charge in [0.15, 0.2) is 12.4 Å². The van der Waals surface area contributed by atoms with Crippen LogP contribution in [0.15, 0.2) is 66.1 Å². The molecule has 0 radical (unpaired) electrons. The summed E-state index contributed by atoms with van der Waals surface area (Å²) >= 11 is 0. The Kier molecular flexibility index (Phi) is 6.37. The summed E-state index contributed by atoms with van der Waals surface area (Å²) in [6.07, 6.45) is 1.39. The predicted molar refractivity (Wildman–Crippen MR) is 92.8 cm³/mol. The Morgan fingerprint density at radius 3 is 2.46 bits per heavy atom. The first-order valence-corrected chi connectivity index (χ1v) is 8.98. The first kappa shape index (κ1) is 19.5. The number of ketones is 1. The van der Waals surface area contributed by atoms with E-state index in [0.717, 1.165) is 18.2 Å². The highest BCUT2D eigenvalue weighted by molar-refractivity contribution is 7.89. The third-order valence-electron chi connectivity index (χ3n) is 3.30. The van der Waals surface area contributed by atoms with E-state index in [9.17, 15) is 22.4 Å². The van der Waals surface area contributed by atoms with Gasteiger partial charge in [-0.25, -0.2) is 22.3 Å². The molecule has 0 aliphatic heterocycles. The summed E-state index contributed by atoms with van der Waals surface area (Å²) in [5, 5.41) is 0. The van der Waals surface area contributed by atoms with E-state index < -0.39 is 34.2 Å². The van der Waals surface area contributed by atoms with Crippen LogP contribution < -0.4 is 4.72 Å². The standard InChI is InChI=1S/C18H16FNO5S/c1-2-10-20-26(23,24)16-5-3-4-14(11-16)18(22)25-12-17(21)13-6-8-15(19)9-7-13/h2-9,11,20H,1,10,12H2. The van der Waals surface area contributed by atoms with E-state index in [1.54, 1.807) is 0 Å². The van der Waals surface area contributed by atoms with E-state index in [1.165, 1.54) is 36.4 Å². The molecule has 0 saturated carbocycles. The number of carbonyl (C=O) groups is 2. The van der Waals surface area contributed by atoms with Crippen LogP contribution in [-0.2, 0) is 14.8 Å². The van der Waals surface area contributed by atoms with Crippen molar-refractivity contribution in [3.63, 3.8) is 0 Å². The molecule has 0 bridgehead atoms. The second-order valence-corrected chi connectivity index (χ2v) is 6.94. The topological polar surface area (TPSA) is 89.5 Å². The van der Waals surface area contributed by atoms with Crippen LogP contribution in [0.3, 0.4) is 0 Å². The van der Waals surface area contributed by atoms with Crippen molar-refractivity contribution in [2.75, 3.05) is 13.2 Å². The molecule has 0 fully saturated rings. The highest BCUT2D eigenvalue weighted by Gasteiger charge is 2.17. The smallest absolute Gasteiger partial charge is 0.338 e. The molecular weight excluding hydrogens is 361 g/mol. The van der Waals surface area contributed by atoms with E-state index in [-0.39, 0.29) is 22.6 Å². The maximum atomic E-state index is 12.8. The lowest BCUT2D eigenvalue weighted by molar-refractivity contribution is 0.0474. The number of benzene rings is 2. The number of esters is 1. The summed E-state index contributed by atoms with van der Waals surface area (Å²) in [7, 11) is -3.79.